The molecule has 8 heteroatoms. The first-order valence-electron chi connectivity index (χ1n) is 7.98. The third-order valence-electron chi connectivity index (χ3n) is 3.58. The van der Waals surface area contributed by atoms with Crippen molar-refractivity contribution in [3.05, 3.63) is 38.5 Å². The predicted octanol–water partition coefficient (Wildman–Crippen LogP) is 3.24. The van der Waals surface area contributed by atoms with Crippen LogP contribution in [0.2, 0.25) is 0 Å². The molecule has 134 valence electrons. The van der Waals surface area contributed by atoms with Crippen LogP contribution in [0.15, 0.2) is 23.0 Å². The molecule has 2 aromatic rings. The fourth-order valence-corrected chi connectivity index (χ4v) is 3.67. The summed E-state index contributed by atoms with van der Waals surface area (Å²) in [5.74, 6) is -0.491. The van der Waals surface area contributed by atoms with Crippen LogP contribution in [0, 0.1) is 6.92 Å². The smallest absolute Gasteiger partial charge is 0.252 e. The van der Waals surface area contributed by atoms with E-state index in [1.54, 1.807) is 11.0 Å². The highest BCUT2D eigenvalue weighted by Gasteiger charge is 2.14. The maximum absolute atomic E-state index is 12.6. The van der Waals surface area contributed by atoms with Crippen molar-refractivity contribution in [2.45, 2.75) is 32.6 Å². The van der Waals surface area contributed by atoms with Crippen LogP contribution in [-0.2, 0) is 9.59 Å². The number of amides is 2. The van der Waals surface area contributed by atoms with Crippen LogP contribution in [-0.4, -0.2) is 28.6 Å². The molecule has 0 aliphatic rings. The zero-order valence-corrected chi connectivity index (χ0v) is 15.6. The van der Waals surface area contributed by atoms with Crippen LogP contribution in [0.1, 0.15) is 41.1 Å². The Hall–Kier alpha value is -2.03. The summed E-state index contributed by atoms with van der Waals surface area (Å²) in [6.07, 6.45) is 4.44. The Labute approximate surface area is 154 Å². The molecule has 2 rings (SSSR count). The molecule has 0 radical (unpaired) electrons. The SMILES string of the molecule is Cc1ncsc1C=C(C(=O)NCCCCCC(=O)NO)c1cccs1. The number of thiazole rings is 1. The third kappa shape index (κ3) is 6.08. The largest absolute Gasteiger partial charge is 0.352 e. The Morgan fingerprint density at radius 3 is 2.76 bits per heavy atom. The average molecular weight is 380 g/mol. The van der Waals surface area contributed by atoms with E-state index in [0.717, 1.165) is 28.3 Å². The van der Waals surface area contributed by atoms with Gasteiger partial charge >= 0.3 is 0 Å². The number of unbranched alkanes of at least 4 members (excludes halogenated alkanes) is 2. The number of aryl methyl sites for hydroxylation is 1. The molecule has 6 nitrogen and oxygen atoms in total. The summed E-state index contributed by atoms with van der Waals surface area (Å²) >= 11 is 3.04. The summed E-state index contributed by atoms with van der Waals surface area (Å²) in [5, 5.41) is 13.3. The Morgan fingerprint density at radius 1 is 1.28 bits per heavy atom. The van der Waals surface area contributed by atoms with E-state index < -0.39 is 0 Å². The Balaban J connectivity index is 1.90. The van der Waals surface area contributed by atoms with Crippen molar-refractivity contribution in [1.82, 2.24) is 15.8 Å². The van der Waals surface area contributed by atoms with Gasteiger partial charge in [-0.25, -0.2) is 10.5 Å². The normalized spacial score (nSPS) is 11.4. The second-order valence-electron chi connectivity index (χ2n) is 5.44. The van der Waals surface area contributed by atoms with Crippen LogP contribution in [0.25, 0.3) is 11.6 Å². The molecule has 0 unspecified atom stereocenters. The quantitative estimate of drug-likeness (QED) is 0.270. The third-order valence-corrected chi connectivity index (χ3v) is 5.36. The fourth-order valence-electron chi connectivity index (χ4n) is 2.20. The minimum atomic E-state index is -0.383. The van der Waals surface area contributed by atoms with Crippen LogP contribution >= 0.6 is 22.7 Å². The topological polar surface area (TPSA) is 91.3 Å². The van der Waals surface area contributed by atoms with Gasteiger partial charge in [0.15, 0.2) is 0 Å². The van der Waals surface area contributed by atoms with E-state index in [1.807, 2.05) is 30.5 Å². The Bertz CT molecular complexity index is 723. The molecule has 0 bridgehead atoms. The fraction of sp³-hybridized carbons (Fsp3) is 0.353. The van der Waals surface area contributed by atoms with Gasteiger partial charge in [-0.15, -0.1) is 22.7 Å². The van der Waals surface area contributed by atoms with Gasteiger partial charge in [-0.05, 0) is 37.3 Å². The lowest BCUT2D eigenvalue weighted by Gasteiger charge is -2.08. The number of rotatable bonds is 9. The van der Waals surface area contributed by atoms with Gasteiger partial charge in [0, 0.05) is 17.8 Å². The van der Waals surface area contributed by atoms with Crippen molar-refractivity contribution in [3.8, 4) is 0 Å². The second-order valence-corrected chi connectivity index (χ2v) is 7.27. The standard InChI is InChI=1S/C17H21N3O3S2/c1-12-15(25-11-19-12)10-13(14-6-5-9-24-14)17(22)18-8-4-2-3-7-16(21)20-23/h5-6,9-11,23H,2-4,7-8H2,1H3,(H,18,22)(H,20,21). The zero-order valence-electron chi connectivity index (χ0n) is 13.9. The van der Waals surface area contributed by atoms with Crippen molar-refractivity contribution in [2.75, 3.05) is 6.54 Å². The first-order chi connectivity index (χ1) is 12.1. The van der Waals surface area contributed by atoms with Gasteiger partial charge in [-0.1, -0.05) is 12.5 Å². The van der Waals surface area contributed by atoms with Gasteiger partial charge in [-0.3, -0.25) is 14.8 Å². The Morgan fingerprint density at radius 2 is 2.12 bits per heavy atom. The monoisotopic (exact) mass is 379 g/mol. The van der Waals surface area contributed by atoms with Gasteiger partial charge in [-0.2, -0.15) is 0 Å². The summed E-state index contributed by atoms with van der Waals surface area (Å²) in [7, 11) is 0. The summed E-state index contributed by atoms with van der Waals surface area (Å²) in [5.41, 5.74) is 4.93. The number of hydrogen-bond acceptors (Lipinski definition) is 6. The van der Waals surface area contributed by atoms with Crippen molar-refractivity contribution in [2.24, 2.45) is 0 Å². The van der Waals surface area contributed by atoms with Gasteiger partial charge in [0.05, 0.1) is 21.7 Å². The zero-order chi connectivity index (χ0) is 18.1. The molecule has 0 aromatic carbocycles. The summed E-state index contributed by atoms with van der Waals surface area (Å²) in [6.45, 7) is 2.47. The molecule has 0 aliphatic heterocycles. The van der Waals surface area contributed by atoms with E-state index in [-0.39, 0.29) is 18.2 Å². The van der Waals surface area contributed by atoms with E-state index >= 15 is 0 Å². The maximum atomic E-state index is 12.6. The van der Waals surface area contributed by atoms with Gasteiger partial charge < -0.3 is 5.32 Å². The predicted molar refractivity (Wildman–Crippen MR) is 100 cm³/mol. The molecular weight excluding hydrogens is 358 g/mol. The number of hydrogen-bond donors (Lipinski definition) is 3. The second kappa shape index (κ2) is 10.1. The van der Waals surface area contributed by atoms with Crippen LogP contribution in [0.4, 0.5) is 0 Å². The van der Waals surface area contributed by atoms with Crippen molar-refractivity contribution in [3.63, 3.8) is 0 Å². The summed E-state index contributed by atoms with van der Waals surface area (Å²) in [6, 6.07) is 3.85. The van der Waals surface area contributed by atoms with Crippen molar-refractivity contribution in [1.29, 1.82) is 0 Å². The number of nitrogens with one attached hydrogen (secondary N) is 2. The number of hydroxylamine groups is 1. The number of thiophene rings is 1. The molecule has 2 aromatic heterocycles. The summed E-state index contributed by atoms with van der Waals surface area (Å²) in [4.78, 5) is 29.6. The first kappa shape index (κ1) is 19.3. The first-order valence-corrected chi connectivity index (χ1v) is 9.74. The average Bonchev–Trinajstić information content (AvgIpc) is 3.27. The molecule has 0 spiro atoms. The Kier molecular flexibility index (Phi) is 7.77. The van der Waals surface area contributed by atoms with Crippen LogP contribution in [0.5, 0.6) is 0 Å². The molecule has 0 saturated carbocycles. The molecule has 3 N–H and O–H groups in total. The summed E-state index contributed by atoms with van der Waals surface area (Å²) < 4.78 is 0. The van der Waals surface area contributed by atoms with E-state index in [4.69, 9.17) is 5.21 Å². The lowest BCUT2D eigenvalue weighted by Crippen LogP contribution is -2.25. The number of carbonyl (C=O) groups excluding carboxylic acids is 2. The molecule has 0 atom stereocenters. The molecule has 0 fully saturated rings. The van der Waals surface area contributed by atoms with Gasteiger partial charge in [0.25, 0.3) is 5.91 Å². The van der Waals surface area contributed by atoms with E-state index in [9.17, 15) is 9.59 Å². The number of aromatic nitrogens is 1. The van der Waals surface area contributed by atoms with E-state index in [2.05, 4.69) is 10.3 Å². The van der Waals surface area contributed by atoms with Gasteiger partial charge in [0.1, 0.15) is 0 Å². The minimum Gasteiger partial charge on any atom is -0.352 e. The molecule has 0 aliphatic carbocycles. The highest BCUT2D eigenvalue weighted by atomic mass is 32.1. The highest BCUT2D eigenvalue weighted by molar-refractivity contribution is 7.12. The van der Waals surface area contributed by atoms with Gasteiger partial charge in [0.2, 0.25) is 5.91 Å². The van der Waals surface area contributed by atoms with Crippen molar-refractivity contribution >= 4 is 46.1 Å². The van der Waals surface area contributed by atoms with Crippen molar-refractivity contribution < 1.29 is 14.8 Å². The van der Waals surface area contributed by atoms with Crippen LogP contribution in [0.3, 0.4) is 0 Å². The lowest BCUT2D eigenvalue weighted by molar-refractivity contribution is -0.129. The molecule has 0 saturated heterocycles. The van der Waals surface area contributed by atoms with Crippen LogP contribution < -0.4 is 10.8 Å². The van der Waals surface area contributed by atoms with E-state index in [1.165, 1.54) is 22.7 Å². The minimum absolute atomic E-state index is 0.108. The maximum Gasteiger partial charge on any atom is 0.252 e. The molecular formula is C17H21N3O3S2. The molecule has 2 amide bonds. The number of carbonyl (C=O) groups is 2. The molecule has 2 heterocycles. The van der Waals surface area contributed by atoms with E-state index in [0.29, 0.717) is 18.5 Å². The highest BCUT2D eigenvalue weighted by Crippen LogP contribution is 2.25. The number of nitrogens with zero attached hydrogens (tertiary/aromatic N) is 1. The molecule has 25 heavy (non-hydrogen) atoms. The lowest BCUT2D eigenvalue weighted by atomic mass is 10.1.